The highest BCUT2D eigenvalue weighted by Gasteiger charge is 2.30. The van der Waals surface area contributed by atoms with Crippen molar-refractivity contribution in [1.82, 2.24) is 4.90 Å². The lowest BCUT2D eigenvalue weighted by atomic mass is 10.1. The predicted molar refractivity (Wildman–Crippen MR) is 71.0 cm³/mol. The highest BCUT2D eigenvalue weighted by Crippen LogP contribution is 2.30. The molecule has 2 aliphatic heterocycles. The number of nitrogens with zero attached hydrogens (tertiary/aromatic N) is 1. The number of rotatable bonds is 3. The Morgan fingerprint density at radius 2 is 2.33 bits per heavy atom. The number of aliphatic hydroxyl groups excluding tert-OH is 1. The fraction of sp³-hybridized carbons (Fsp3) is 0.600. The van der Waals surface area contributed by atoms with Crippen LogP contribution in [-0.2, 0) is 6.42 Å². The third-order valence-electron chi connectivity index (χ3n) is 4.11. The van der Waals surface area contributed by atoms with Crippen LogP contribution in [0.5, 0.6) is 5.75 Å². The van der Waals surface area contributed by atoms with E-state index in [0.29, 0.717) is 6.04 Å². The summed E-state index contributed by atoms with van der Waals surface area (Å²) >= 11 is 0. The van der Waals surface area contributed by atoms with Gasteiger partial charge >= 0.3 is 0 Å². The zero-order valence-electron chi connectivity index (χ0n) is 10.9. The van der Waals surface area contributed by atoms with Gasteiger partial charge in [0.1, 0.15) is 11.9 Å². The van der Waals surface area contributed by atoms with Crippen LogP contribution in [0.3, 0.4) is 0 Å². The van der Waals surface area contributed by atoms with Crippen LogP contribution in [0.2, 0.25) is 0 Å². The highest BCUT2D eigenvalue weighted by molar-refractivity contribution is 5.40. The van der Waals surface area contributed by atoms with E-state index in [1.54, 1.807) is 0 Å². The average molecular weight is 247 g/mol. The number of aliphatic hydroxyl groups is 1. The number of benzene rings is 1. The number of ether oxygens (including phenoxy) is 1. The fourth-order valence-electron chi connectivity index (χ4n) is 3.15. The Hall–Kier alpha value is -1.06. The van der Waals surface area contributed by atoms with Crippen molar-refractivity contribution in [2.24, 2.45) is 0 Å². The van der Waals surface area contributed by atoms with Crippen molar-refractivity contribution < 1.29 is 9.84 Å². The van der Waals surface area contributed by atoms with Gasteiger partial charge in [-0.05, 0) is 37.9 Å². The summed E-state index contributed by atoms with van der Waals surface area (Å²) in [5.41, 5.74) is 2.63. The molecular formula is C15H21NO2. The lowest BCUT2D eigenvalue weighted by Gasteiger charge is -2.25. The zero-order valence-corrected chi connectivity index (χ0v) is 10.9. The molecule has 1 saturated heterocycles. The van der Waals surface area contributed by atoms with E-state index in [9.17, 15) is 5.11 Å². The summed E-state index contributed by atoms with van der Waals surface area (Å²) in [5, 5.41) is 9.34. The van der Waals surface area contributed by atoms with E-state index in [1.165, 1.54) is 17.5 Å². The van der Waals surface area contributed by atoms with Crippen molar-refractivity contribution in [2.45, 2.75) is 38.3 Å². The Kier molecular flexibility index (Phi) is 3.27. The first-order valence-corrected chi connectivity index (χ1v) is 6.87. The van der Waals surface area contributed by atoms with Crippen LogP contribution in [0.1, 0.15) is 24.0 Å². The summed E-state index contributed by atoms with van der Waals surface area (Å²) in [4.78, 5) is 2.38. The van der Waals surface area contributed by atoms with Crippen LogP contribution < -0.4 is 4.74 Å². The highest BCUT2D eigenvalue weighted by atomic mass is 16.5. The standard InChI is InChI=1S/C15H21NO2/c1-11-4-5-15-12(7-11)8-14(18-15)9-16-6-2-3-13(16)10-17/h4-5,7,13-14,17H,2-3,6,8-10H2,1H3. The first-order chi connectivity index (χ1) is 8.76. The molecule has 2 aliphatic rings. The Labute approximate surface area is 108 Å². The molecule has 1 fully saturated rings. The van der Waals surface area contributed by atoms with Gasteiger partial charge in [-0.3, -0.25) is 4.90 Å². The fourth-order valence-corrected chi connectivity index (χ4v) is 3.15. The molecule has 0 aromatic heterocycles. The lowest BCUT2D eigenvalue weighted by molar-refractivity contribution is 0.109. The molecule has 0 radical (unpaired) electrons. The first-order valence-electron chi connectivity index (χ1n) is 6.87. The van der Waals surface area contributed by atoms with E-state index in [-0.39, 0.29) is 12.7 Å². The number of aryl methyl sites for hydroxylation is 1. The van der Waals surface area contributed by atoms with Gasteiger partial charge < -0.3 is 9.84 Å². The third kappa shape index (κ3) is 2.25. The summed E-state index contributed by atoms with van der Waals surface area (Å²) in [6.45, 7) is 4.44. The van der Waals surface area contributed by atoms with Crippen LogP contribution >= 0.6 is 0 Å². The van der Waals surface area contributed by atoms with E-state index < -0.39 is 0 Å². The largest absolute Gasteiger partial charge is 0.488 e. The minimum absolute atomic E-state index is 0.258. The van der Waals surface area contributed by atoms with Gasteiger partial charge in [0.25, 0.3) is 0 Å². The van der Waals surface area contributed by atoms with Crippen LogP contribution in [-0.4, -0.2) is 41.8 Å². The molecule has 3 rings (SSSR count). The molecule has 0 saturated carbocycles. The molecule has 0 spiro atoms. The minimum atomic E-state index is 0.258. The third-order valence-corrected chi connectivity index (χ3v) is 4.11. The van der Waals surface area contributed by atoms with Crippen molar-refractivity contribution in [3.63, 3.8) is 0 Å². The molecule has 0 bridgehead atoms. The topological polar surface area (TPSA) is 32.7 Å². The number of fused-ring (bicyclic) bond motifs is 1. The predicted octanol–water partition coefficient (Wildman–Crippen LogP) is 1.76. The molecule has 98 valence electrons. The van der Waals surface area contributed by atoms with Gasteiger partial charge in [0, 0.05) is 19.0 Å². The average Bonchev–Trinajstić information content (AvgIpc) is 2.94. The van der Waals surface area contributed by atoms with Crippen molar-refractivity contribution >= 4 is 0 Å². The second-order valence-electron chi connectivity index (χ2n) is 5.53. The van der Waals surface area contributed by atoms with E-state index >= 15 is 0 Å². The summed E-state index contributed by atoms with van der Waals surface area (Å²) in [6.07, 6.45) is 3.58. The molecular weight excluding hydrogens is 226 g/mol. The first kappa shape index (κ1) is 12.0. The van der Waals surface area contributed by atoms with Crippen molar-refractivity contribution in [2.75, 3.05) is 19.7 Å². The Morgan fingerprint density at radius 1 is 1.44 bits per heavy atom. The molecule has 3 heteroatoms. The number of hydrogen-bond donors (Lipinski definition) is 1. The van der Waals surface area contributed by atoms with Gasteiger partial charge in [0.15, 0.2) is 0 Å². The lowest BCUT2D eigenvalue weighted by Crippen LogP contribution is -2.39. The van der Waals surface area contributed by atoms with Gasteiger partial charge in [-0.1, -0.05) is 17.7 Å². The van der Waals surface area contributed by atoms with E-state index in [2.05, 4.69) is 30.0 Å². The SMILES string of the molecule is Cc1ccc2c(c1)CC(CN1CCCC1CO)O2. The van der Waals surface area contributed by atoms with Crippen molar-refractivity contribution in [1.29, 1.82) is 0 Å². The molecule has 0 aliphatic carbocycles. The van der Waals surface area contributed by atoms with Gasteiger partial charge in [0.05, 0.1) is 6.61 Å². The zero-order chi connectivity index (χ0) is 12.5. The Balaban J connectivity index is 1.64. The van der Waals surface area contributed by atoms with E-state index in [1.807, 2.05) is 0 Å². The van der Waals surface area contributed by atoms with Gasteiger partial charge in [-0.2, -0.15) is 0 Å². The molecule has 3 nitrogen and oxygen atoms in total. The summed E-state index contributed by atoms with van der Waals surface area (Å²) in [5.74, 6) is 1.05. The molecule has 1 aromatic rings. The van der Waals surface area contributed by atoms with Crippen molar-refractivity contribution in [3.05, 3.63) is 29.3 Å². The summed E-state index contributed by atoms with van der Waals surface area (Å²) in [6, 6.07) is 6.76. The number of hydrogen-bond acceptors (Lipinski definition) is 3. The maximum atomic E-state index is 9.34. The Morgan fingerprint density at radius 3 is 3.17 bits per heavy atom. The molecule has 2 unspecified atom stereocenters. The van der Waals surface area contributed by atoms with E-state index in [0.717, 1.165) is 31.7 Å². The normalized spacial score (nSPS) is 27.2. The van der Waals surface area contributed by atoms with Crippen LogP contribution in [0.15, 0.2) is 18.2 Å². The van der Waals surface area contributed by atoms with Gasteiger partial charge in [-0.25, -0.2) is 0 Å². The van der Waals surface area contributed by atoms with Crippen LogP contribution in [0.4, 0.5) is 0 Å². The molecule has 1 aromatic carbocycles. The number of likely N-dealkylation sites (tertiary alicyclic amines) is 1. The van der Waals surface area contributed by atoms with Gasteiger partial charge in [0.2, 0.25) is 0 Å². The molecule has 1 N–H and O–H groups in total. The van der Waals surface area contributed by atoms with E-state index in [4.69, 9.17) is 4.74 Å². The molecule has 2 heterocycles. The molecule has 0 amide bonds. The van der Waals surface area contributed by atoms with Crippen LogP contribution in [0, 0.1) is 6.92 Å². The van der Waals surface area contributed by atoms with Gasteiger partial charge in [-0.15, -0.1) is 0 Å². The smallest absolute Gasteiger partial charge is 0.123 e. The monoisotopic (exact) mass is 247 g/mol. The second-order valence-corrected chi connectivity index (χ2v) is 5.53. The minimum Gasteiger partial charge on any atom is -0.488 e. The summed E-state index contributed by atoms with van der Waals surface area (Å²) < 4.78 is 5.99. The maximum absolute atomic E-state index is 9.34. The second kappa shape index (κ2) is 4.90. The van der Waals surface area contributed by atoms with Crippen LogP contribution in [0.25, 0.3) is 0 Å². The Bertz CT molecular complexity index is 433. The maximum Gasteiger partial charge on any atom is 0.123 e. The van der Waals surface area contributed by atoms with Crippen molar-refractivity contribution in [3.8, 4) is 5.75 Å². The summed E-state index contributed by atoms with van der Waals surface area (Å²) in [7, 11) is 0. The molecule has 2 atom stereocenters. The molecule has 18 heavy (non-hydrogen) atoms. The quantitative estimate of drug-likeness (QED) is 0.883.